The molecule has 0 atom stereocenters. The molecule has 0 saturated heterocycles. The van der Waals surface area contributed by atoms with Crippen LogP contribution in [0.25, 0.3) is 16.8 Å². The molecular formula is C15H14FN3. The molecule has 0 aliphatic rings. The van der Waals surface area contributed by atoms with Gasteiger partial charge in [0.15, 0.2) is 5.65 Å². The maximum atomic E-state index is 14.0. The van der Waals surface area contributed by atoms with Crippen LogP contribution in [-0.4, -0.2) is 14.6 Å². The highest BCUT2D eigenvalue weighted by molar-refractivity contribution is 5.80. The first-order valence-electron chi connectivity index (χ1n) is 6.16. The molecule has 2 aromatic heterocycles. The summed E-state index contributed by atoms with van der Waals surface area (Å²) in [7, 11) is 0. The Morgan fingerprint density at radius 2 is 1.84 bits per heavy atom. The molecule has 0 bridgehead atoms. The lowest BCUT2D eigenvalue weighted by Crippen LogP contribution is -1.97. The normalized spacial score (nSPS) is 11.2. The van der Waals surface area contributed by atoms with Crippen molar-refractivity contribution in [2.75, 3.05) is 0 Å². The number of aryl methyl sites for hydroxylation is 3. The molecule has 0 unspecified atom stereocenters. The van der Waals surface area contributed by atoms with E-state index in [9.17, 15) is 4.39 Å². The SMILES string of the molecule is Cc1cc(C)n2nc(C)c(-c3ccccc3F)c2n1. The van der Waals surface area contributed by atoms with Crippen molar-refractivity contribution < 1.29 is 4.39 Å². The summed E-state index contributed by atoms with van der Waals surface area (Å²) in [5.74, 6) is -0.249. The van der Waals surface area contributed by atoms with Gasteiger partial charge in [0.1, 0.15) is 5.82 Å². The third kappa shape index (κ3) is 1.80. The lowest BCUT2D eigenvalue weighted by Gasteiger charge is -2.04. The van der Waals surface area contributed by atoms with Crippen LogP contribution in [0.3, 0.4) is 0 Å². The Balaban J connectivity index is 2.42. The lowest BCUT2D eigenvalue weighted by atomic mass is 10.1. The second-order valence-corrected chi connectivity index (χ2v) is 4.71. The maximum absolute atomic E-state index is 14.0. The number of benzene rings is 1. The Labute approximate surface area is 110 Å². The van der Waals surface area contributed by atoms with Gasteiger partial charge in [-0.05, 0) is 32.9 Å². The standard InChI is InChI=1S/C15H14FN3/c1-9-8-10(2)19-15(17-9)14(11(3)18-19)12-6-4-5-7-13(12)16/h4-8H,1-3H3. The predicted molar refractivity (Wildman–Crippen MR) is 72.6 cm³/mol. The van der Waals surface area contributed by atoms with Crippen molar-refractivity contribution in [3.8, 4) is 11.1 Å². The fourth-order valence-electron chi connectivity index (χ4n) is 2.41. The van der Waals surface area contributed by atoms with Crippen molar-refractivity contribution in [3.05, 3.63) is 53.2 Å². The number of rotatable bonds is 1. The summed E-state index contributed by atoms with van der Waals surface area (Å²) >= 11 is 0. The zero-order valence-electron chi connectivity index (χ0n) is 11.1. The molecule has 0 N–H and O–H groups in total. The van der Waals surface area contributed by atoms with E-state index in [0.717, 1.165) is 22.6 Å². The van der Waals surface area contributed by atoms with E-state index in [1.54, 1.807) is 16.6 Å². The molecule has 96 valence electrons. The first-order chi connectivity index (χ1) is 9.08. The van der Waals surface area contributed by atoms with E-state index >= 15 is 0 Å². The van der Waals surface area contributed by atoms with Crippen LogP contribution in [0.1, 0.15) is 17.1 Å². The third-order valence-corrected chi connectivity index (χ3v) is 3.21. The van der Waals surface area contributed by atoms with Crippen LogP contribution in [0.4, 0.5) is 4.39 Å². The largest absolute Gasteiger partial charge is 0.233 e. The summed E-state index contributed by atoms with van der Waals surface area (Å²) in [5, 5.41) is 4.46. The predicted octanol–water partition coefficient (Wildman–Crippen LogP) is 3.46. The molecule has 3 aromatic rings. The molecule has 3 rings (SSSR count). The van der Waals surface area contributed by atoms with Crippen LogP contribution < -0.4 is 0 Å². The third-order valence-electron chi connectivity index (χ3n) is 3.21. The van der Waals surface area contributed by atoms with E-state index in [2.05, 4.69) is 10.1 Å². The van der Waals surface area contributed by atoms with Gasteiger partial charge in [-0.15, -0.1) is 0 Å². The Morgan fingerprint density at radius 1 is 1.11 bits per heavy atom. The number of hydrogen-bond donors (Lipinski definition) is 0. The van der Waals surface area contributed by atoms with E-state index < -0.39 is 0 Å². The van der Waals surface area contributed by atoms with Gasteiger partial charge in [-0.3, -0.25) is 0 Å². The second-order valence-electron chi connectivity index (χ2n) is 4.71. The molecule has 19 heavy (non-hydrogen) atoms. The zero-order valence-corrected chi connectivity index (χ0v) is 11.1. The van der Waals surface area contributed by atoms with Gasteiger partial charge in [0.2, 0.25) is 0 Å². The van der Waals surface area contributed by atoms with Crippen LogP contribution in [0.5, 0.6) is 0 Å². The van der Waals surface area contributed by atoms with E-state index in [4.69, 9.17) is 0 Å². The first kappa shape index (κ1) is 11.8. The molecule has 0 saturated carbocycles. The molecule has 0 amide bonds. The number of fused-ring (bicyclic) bond motifs is 1. The summed E-state index contributed by atoms with van der Waals surface area (Å²) in [6.45, 7) is 5.78. The molecular weight excluding hydrogens is 241 g/mol. The number of hydrogen-bond acceptors (Lipinski definition) is 2. The summed E-state index contributed by atoms with van der Waals surface area (Å²) in [6, 6.07) is 8.69. The molecule has 0 fully saturated rings. The van der Waals surface area contributed by atoms with Crippen molar-refractivity contribution in [3.63, 3.8) is 0 Å². The minimum atomic E-state index is -0.249. The molecule has 2 heterocycles. The Kier molecular flexibility index (Phi) is 2.59. The van der Waals surface area contributed by atoms with Crippen molar-refractivity contribution in [2.45, 2.75) is 20.8 Å². The Hall–Kier alpha value is -2.23. The van der Waals surface area contributed by atoms with Crippen molar-refractivity contribution in [2.24, 2.45) is 0 Å². The quantitative estimate of drug-likeness (QED) is 0.666. The van der Waals surface area contributed by atoms with Crippen LogP contribution in [0.15, 0.2) is 30.3 Å². The number of halogens is 1. The summed E-state index contributed by atoms with van der Waals surface area (Å²) in [5.41, 5.74) is 4.71. The van der Waals surface area contributed by atoms with E-state index in [1.165, 1.54) is 6.07 Å². The lowest BCUT2D eigenvalue weighted by molar-refractivity contribution is 0.631. The van der Waals surface area contributed by atoms with Crippen LogP contribution in [0, 0.1) is 26.6 Å². The monoisotopic (exact) mass is 255 g/mol. The van der Waals surface area contributed by atoms with Crippen LogP contribution >= 0.6 is 0 Å². The average Bonchev–Trinajstić information content (AvgIpc) is 2.67. The highest BCUT2D eigenvalue weighted by Crippen LogP contribution is 2.29. The van der Waals surface area contributed by atoms with Gasteiger partial charge in [0.05, 0.1) is 11.3 Å². The van der Waals surface area contributed by atoms with Gasteiger partial charge in [-0.2, -0.15) is 5.10 Å². The van der Waals surface area contributed by atoms with Crippen molar-refractivity contribution >= 4 is 5.65 Å². The van der Waals surface area contributed by atoms with Gasteiger partial charge < -0.3 is 0 Å². The highest BCUT2D eigenvalue weighted by atomic mass is 19.1. The fourth-order valence-corrected chi connectivity index (χ4v) is 2.41. The smallest absolute Gasteiger partial charge is 0.163 e. The zero-order chi connectivity index (χ0) is 13.6. The molecule has 1 aromatic carbocycles. The van der Waals surface area contributed by atoms with E-state index in [1.807, 2.05) is 32.9 Å². The van der Waals surface area contributed by atoms with Gasteiger partial charge >= 0.3 is 0 Å². The molecule has 3 nitrogen and oxygen atoms in total. The molecule has 4 heteroatoms. The number of nitrogens with zero attached hydrogens (tertiary/aromatic N) is 3. The van der Waals surface area contributed by atoms with E-state index in [-0.39, 0.29) is 5.82 Å². The molecule has 0 radical (unpaired) electrons. The van der Waals surface area contributed by atoms with E-state index in [0.29, 0.717) is 11.2 Å². The molecule has 0 aliphatic heterocycles. The maximum Gasteiger partial charge on any atom is 0.163 e. The first-order valence-corrected chi connectivity index (χ1v) is 6.16. The van der Waals surface area contributed by atoms with Gasteiger partial charge in [0, 0.05) is 17.0 Å². The highest BCUT2D eigenvalue weighted by Gasteiger charge is 2.17. The Bertz CT molecular complexity index is 774. The van der Waals surface area contributed by atoms with Gasteiger partial charge in [-0.25, -0.2) is 13.9 Å². The molecule has 0 aliphatic carbocycles. The van der Waals surface area contributed by atoms with Gasteiger partial charge in [0.25, 0.3) is 0 Å². The summed E-state index contributed by atoms with van der Waals surface area (Å²) < 4.78 is 15.8. The summed E-state index contributed by atoms with van der Waals surface area (Å²) in [6.07, 6.45) is 0. The van der Waals surface area contributed by atoms with Gasteiger partial charge in [-0.1, -0.05) is 18.2 Å². The van der Waals surface area contributed by atoms with Crippen molar-refractivity contribution in [1.82, 2.24) is 14.6 Å². The fraction of sp³-hybridized carbons (Fsp3) is 0.200. The molecule has 0 spiro atoms. The average molecular weight is 255 g/mol. The topological polar surface area (TPSA) is 30.2 Å². The minimum Gasteiger partial charge on any atom is -0.233 e. The van der Waals surface area contributed by atoms with Crippen LogP contribution in [0.2, 0.25) is 0 Å². The minimum absolute atomic E-state index is 0.249. The second kappa shape index (κ2) is 4.16. The Morgan fingerprint density at radius 3 is 2.58 bits per heavy atom. The van der Waals surface area contributed by atoms with Crippen LogP contribution in [-0.2, 0) is 0 Å². The van der Waals surface area contributed by atoms with Crippen molar-refractivity contribution in [1.29, 1.82) is 0 Å². The summed E-state index contributed by atoms with van der Waals surface area (Å²) in [4.78, 5) is 4.51. The number of aromatic nitrogens is 3.